The third-order valence-electron chi connectivity index (χ3n) is 4.13. The van der Waals surface area contributed by atoms with Crippen molar-refractivity contribution in [3.05, 3.63) is 55.9 Å². The molecule has 0 radical (unpaired) electrons. The van der Waals surface area contributed by atoms with E-state index in [1.54, 1.807) is 12.1 Å². The van der Waals surface area contributed by atoms with Crippen molar-refractivity contribution in [1.82, 2.24) is 9.62 Å². The molecule has 0 spiro atoms. The Morgan fingerprint density at radius 1 is 1.26 bits per heavy atom. The van der Waals surface area contributed by atoms with Crippen molar-refractivity contribution < 1.29 is 18.1 Å². The molecule has 0 aliphatic carbocycles. The van der Waals surface area contributed by atoms with Crippen LogP contribution in [0.1, 0.15) is 28.1 Å². The van der Waals surface area contributed by atoms with Crippen molar-refractivity contribution in [3.63, 3.8) is 0 Å². The summed E-state index contributed by atoms with van der Waals surface area (Å²) >= 11 is 7.05. The summed E-state index contributed by atoms with van der Waals surface area (Å²) in [7, 11) is -3.47. The SMILES string of the molecule is O=C(NCc1ccc(S(=O)(=O)N2CCCC2)s1)c1ccc([N+](=O)[O-])cc1Cl. The molecule has 3 rings (SSSR count). The molecule has 0 bridgehead atoms. The summed E-state index contributed by atoms with van der Waals surface area (Å²) in [6.07, 6.45) is 1.73. The Morgan fingerprint density at radius 2 is 1.96 bits per heavy atom. The molecule has 27 heavy (non-hydrogen) atoms. The van der Waals surface area contributed by atoms with Crippen molar-refractivity contribution in [2.45, 2.75) is 23.6 Å². The topological polar surface area (TPSA) is 110 Å². The van der Waals surface area contributed by atoms with Gasteiger partial charge in [-0.1, -0.05) is 11.6 Å². The number of halogens is 1. The third-order valence-corrected chi connectivity index (χ3v) is 7.89. The molecule has 1 aromatic heterocycles. The first-order valence-electron chi connectivity index (χ1n) is 8.10. The fourth-order valence-corrected chi connectivity index (χ4v) is 5.94. The molecule has 1 N–H and O–H groups in total. The number of nitro groups is 1. The van der Waals surface area contributed by atoms with Gasteiger partial charge in [-0.15, -0.1) is 11.3 Å². The number of carbonyl (C=O) groups excluding carboxylic acids is 1. The molecule has 1 aliphatic heterocycles. The highest BCUT2D eigenvalue weighted by Gasteiger charge is 2.28. The number of carbonyl (C=O) groups is 1. The summed E-state index contributed by atoms with van der Waals surface area (Å²) in [6, 6.07) is 6.80. The number of nitrogens with one attached hydrogen (secondary N) is 1. The van der Waals surface area contributed by atoms with Gasteiger partial charge in [0.2, 0.25) is 0 Å². The number of hydrogen-bond donors (Lipinski definition) is 1. The lowest BCUT2D eigenvalue weighted by molar-refractivity contribution is -0.384. The van der Waals surface area contributed by atoms with Gasteiger partial charge < -0.3 is 5.32 Å². The van der Waals surface area contributed by atoms with Crippen LogP contribution < -0.4 is 5.32 Å². The van der Waals surface area contributed by atoms with Gasteiger partial charge in [0.05, 0.1) is 22.1 Å². The predicted molar refractivity (Wildman–Crippen MR) is 102 cm³/mol. The van der Waals surface area contributed by atoms with Crippen LogP contribution in [0.3, 0.4) is 0 Å². The fraction of sp³-hybridized carbons (Fsp3) is 0.312. The second kappa shape index (κ2) is 7.93. The van der Waals surface area contributed by atoms with Gasteiger partial charge in [0, 0.05) is 30.1 Å². The molecule has 1 aromatic carbocycles. The Balaban J connectivity index is 1.66. The highest BCUT2D eigenvalue weighted by Crippen LogP contribution is 2.27. The molecule has 0 unspecified atom stereocenters. The molecular weight excluding hydrogens is 414 g/mol. The van der Waals surface area contributed by atoms with Crippen molar-refractivity contribution in [1.29, 1.82) is 0 Å². The van der Waals surface area contributed by atoms with Crippen LogP contribution in [-0.4, -0.2) is 36.6 Å². The van der Waals surface area contributed by atoms with Gasteiger partial charge in [0.15, 0.2) is 0 Å². The first-order valence-corrected chi connectivity index (χ1v) is 10.7. The zero-order valence-corrected chi connectivity index (χ0v) is 16.4. The van der Waals surface area contributed by atoms with Gasteiger partial charge in [-0.05, 0) is 31.0 Å². The van der Waals surface area contributed by atoms with E-state index in [1.807, 2.05) is 0 Å². The highest BCUT2D eigenvalue weighted by molar-refractivity contribution is 7.91. The zero-order chi connectivity index (χ0) is 19.6. The minimum absolute atomic E-state index is 0.0230. The summed E-state index contributed by atoms with van der Waals surface area (Å²) in [6.45, 7) is 1.20. The van der Waals surface area contributed by atoms with Crippen LogP contribution in [0, 0.1) is 10.1 Å². The quantitative estimate of drug-likeness (QED) is 0.560. The van der Waals surface area contributed by atoms with Crippen LogP contribution in [0.5, 0.6) is 0 Å². The Hall–Kier alpha value is -2.01. The molecule has 1 fully saturated rings. The maximum atomic E-state index is 12.5. The van der Waals surface area contributed by atoms with Gasteiger partial charge in [-0.3, -0.25) is 14.9 Å². The van der Waals surface area contributed by atoms with E-state index in [9.17, 15) is 23.3 Å². The van der Waals surface area contributed by atoms with Crippen LogP contribution in [0.4, 0.5) is 5.69 Å². The number of benzene rings is 1. The number of amides is 1. The van der Waals surface area contributed by atoms with E-state index in [4.69, 9.17) is 11.6 Å². The third kappa shape index (κ3) is 4.29. The molecule has 0 atom stereocenters. The van der Waals surface area contributed by atoms with Crippen LogP contribution in [0.25, 0.3) is 0 Å². The molecular formula is C16H16ClN3O5S2. The minimum atomic E-state index is -3.47. The number of nitrogens with zero attached hydrogens (tertiary/aromatic N) is 2. The molecule has 11 heteroatoms. The summed E-state index contributed by atoms with van der Waals surface area (Å²) in [5.41, 5.74) is -0.0877. The number of hydrogen-bond acceptors (Lipinski definition) is 6. The standard InChI is InChI=1S/C16H16ClN3O5S2/c17-14-9-11(20(22)23)3-5-13(14)16(21)18-10-12-4-6-15(26-12)27(24,25)19-7-1-2-8-19/h3-6,9H,1-2,7-8,10H2,(H,18,21). The normalized spacial score (nSPS) is 15.0. The second-order valence-electron chi connectivity index (χ2n) is 5.94. The predicted octanol–water partition coefficient (Wildman–Crippen LogP) is 3.02. The van der Waals surface area contributed by atoms with Crippen LogP contribution in [-0.2, 0) is 16.6 Å². The van der Waals surface area contributed by atoms with E-state index in [2.05, 4.69) is 5.32 Å². The van der Waals surface area contributed by atoms with E-state index >= 15 is 0 Å². The molecule has 1 aliphatic rings. The monoisotopic (exact) mass is 429 g/mol. The van der Waals surface area contributed by atoms with E-state index in [0.717, 1.165) is 30.2 Å². The highest BCUT2D eigenvalue weighted by atomic mass is 35.5. The molecule has 8 nitrogen and oxygen atoms in total. The van der Waals surface area contributed by atoms with E-state index in [1.165, 1.54) is 16.4 Å². The Bertz CT molecular complexity index is 984. The van der Waals surface area contributed by atoms with Gasteiger partial charge in [-0.25, -0.2) is 8.42 Å². The Labute approximate surface area is 165 Å². The van der Waals surface area contributed by atoms with Crippen molar-refractivity contribution in [2.24, 2.45) is 0 Å². The van der Waals surface area contributed by atoms with Crippen LogP contribution >= 0.6 is 22.9 Å². The molecule has 2 aromatic rings. The van der Waals surface area contributed by atoms with Gasteiger partial charge in [0.1, 0.15) is 4.21 Å². The smallest absolute Gasteiger partial charge is 0.270 e. The first kappa shape index (κ1) is 19.7. The average molecular weight is 430 g/mol. The lowest BCUT2D eigenvalue weighted by Crippen LogP contribution is -2.27. The number of non-ortho nitro benzene ring substituents is 1. The Morgan fingerprint density at radius 3 is 2.59 bits per heavy atom. The molecule has 0 saturated carbocycles. The number of thiophene rings is 1. The summed E-state index contributed by atoms with van der Waals surface area (Å²) in [5.74, 6) is -0.493. The van der Waals surface area contributed by atoms with Gasteiger partial charge in [0.25, 0.3) is 21.6 Å². The fourth-order valence-electron chi connectivity index (χ4n) is 2.71. The maximum absolute atomic E-state index is 12.5. The lowest BCUT2D eigenvalue weighted by atomic mass is 10.2. The van der Waals surface area contributed by atoms with Crippen LogP contribution in [0.2, 0.25) is 5.02 Å². The van der Waals surface area contributed by atoms with Crippen molar-refractivity contribution in [3.8, 4) is 0 Å². The molecule has 1 amide bonds. The first-order chi connectivity index (χ1) is 12.8. The number of sulfonamides is 1. The van der Waals surface area contributed by atoms with Crippen molar-refractivity contribution >= 4 is 44.6 Å². The summed E-state index contributed by atoms with van der Waals surface area (Å²) < 4.78 is 26.8. The molecule has 2 heterocycles. The van der Waals surface area contributed by atoms with E-state index in [0.29, 0.717) is 18.0 Å². The van der Waals surface area contributed by atoms with Gasteiger partial charge in [-0.2, -0.15) is 4.31 Å². The summed E-state index contributed by atoms with van der Waals surface area (Å²) in [4.78, 5) is 23.0. The lowest BCUT2D eigenvalue weighted by Gasteiger charge is -2.13. The number of nitro benzene ring substituents is 1. The molecule has 1 saturated heterocycles. The van der Waals surface area contributed by atoms with Crippen LogP contribution in [0.15, 0.2) is 34.5 Å². The summed E-state index contributed by atoms with van der Waals surface area (Å²) in [5, 5.41) is 13.3. The zero-order valence-electron chi connectivity index (χ0n) is 14.1. The van der Waals surface area contributed by atoms with E-state index in [-0.39, 0.29) is 27.0 Å². The minimum Gasteiger partial charge on any atom is -0.347 e. The van der Waals surface area contributed by atoms with E-state index < -0.39 is 20.9 Å². The number of rotatable bonds is 6. The maximum Gasteiger partial charge on any atom is 0.270 e. The Kier molecular flexibility index (Phi) is 5.80. The largest absolute Gasteiger partial charge is 0.347 e. The molecule has 144 valence electrons. The average Bonchev–Trinajstić information content (AvgIpc) is 3.31. The van der Waals surface area contributed by atoms with Crippen molar-refractivity contribution in [2.75, 3.05) is 13.1 Å². The van der Waals surface area contributed by atoms with Gasteiger partial charge >= 0.3 is 0 Å². The second-order valence-corrected chi connectivity index (χ2v) is 9.68.